The van der Waals surface area contributed by atoms with Crippen molar-refractivity contribution in [3.8, 4) is 5.75 Å². The highest BCUT2D eigenvalue weighted by molar-refractivity contribution is 6.00. The number of amides is 1. The lowest BCUT2D eigenvalue weighted by Crippen LogP contribution is -2.19. The van der Waals surface area contributed by atoms with Crippen LogP contribution in [-0.2, 0) is 0 Å². The lowest BCUT2D eigenvalue weighted by atomic mass is 10.2. The number of nitrogens with one attached hydrogen (secondary N) is 1. The van der Waals surface area contributed by atoms with Crippen LogP contribution in [0.2, 0.25) is 0 Å². The molecule has 1 N–H and O–H groups in total. The monoisotopic (exact) mass is 272 g/mol. The van der Waals surface area contributed by atoms with Gasteiger partial charge in [0.25, 0.3) is 5.91 Å². The van der Waals surface area contributed by atoms with Crippen LogP contribution in [-0.4, -0.2) is 18.7 Å². The third kappa shape index (κ3) is 3.06. The third-order valence-corrected chi connectivity index (χ3v) is 2.77. The van der Waals surface area contributed by atoms with Gasteiger partial charge in [-0.1, -0.05) is 12.1 Å². The minimum Gasteiger partial charge on any atom is -0.496 e. The molecule has 1 heterocycles. The van der Waals surface area contributed by atoms with Gasteiger partial charge in [0.1, 0.15) is 23.0 Å². The SMILES string of the molecule is COc1ccccc1C(=O)NN=C(C)c1ccc(C)o1. The molecule has 0 bridgehead atoms. The average molecular weight is 272 g/mol. The summed E-state index contributed by atoms with van der Waals surface area (Å²) in [6.07, 6.45) is 0. The molecular weight excluding hydrogens is 256 g/mol. The van der Waals surface area contributed by atoms with Crippen LogP contribution in [0.25, 0.3) is 0 Å². The Morgan fingerprint density at radius 2 is 2.00 bits per heavy atom. The maximum Gasteiger partial charge on any atom is 0.275 e. The van der Waals surface area contributed by atoms with Crippen LogP contribution in [0.1, 0.15) is 28.8 Å². The number of methoxy groups -OCH3 is 1. The highest BCUT2D eigenvalue weighted by Gasteiger charge is 2.11. The Bertz CT molecular complexity index is 644. The van der Waals surface area contributed by atoms with Crippen molar-refractivity contribution in [3.63, 3.8) is 0 Å². The summed E-state index contributed by atoms with van der Waals surface area (Å²) >= 11 is 0. The quantitative estimate of drug-likeness (QED) is 0.687. The van der Waals surface area contributed by atoms with Crippen LogP contribution in [0, 0.1) is 6.92 Å². The van der Waals surface area contributed by atoms with E-state index in [0.717, 1.165) is 5.76 Å². The van der Waals surface area contributed by atoms with Gasteiger partial charge in [0, 0.05) is 0 Å². The van der Waals surface area contributed by atoms with Crippen molar-refractivity contribution in [2.24, 2.45) is 5.10 Å². The molecule has 0 aliphatic heterocycles. The standard InChI is InChI=1S/C15H16N2O3/c1-10-8-9-13(20-10)11(2)16-17-15(18)12-6-4-5-7-14(12)19-3/h4-9H,1-3H3,(H,17,18). The average Bonchev–Trinajstić information content (AvgIpc) is 2.91. The van der Waals surface area contributed by atoms with Gasteiger partial charge >= 0.3 is 0 Å². The van der Waals surface area contributed by atoms with Gasteiger partial charge in [-0.2, -0.15) is 5.10 Å². The molecule has 0 fully saturated rings. The molecule has 1 amide bonds. The summed E-state index contributed by atoms with van der Waals surface area (Å²) in [5.41, 5.74) is 3.52. The van der Waals surface area contributed by atoms with Crippen molar-refractivity contribution < 1.29 is 13.9 Å². The largest absolute Gasteiger partial charge is 0.496 e. The molecule has 0 saturated heterocycles. The molecule has 20 heavy (non-hydrogen) atoms. The molecule has 0 radical (unpaired) electrons. The summed E-state index contributed by atoms with van der Waals surface area (Å²) in [5.74, 6) is 1.60. The first-order valence-electron chi connectivity index (χ1n) is 6.16. The van der Waals surface area contributed by atoms with Crippen LogP contribution in [0.3, 0.4) is 0 Å². The molecule has 5 heteroatoms. The van der Waals surface area contributed by atoms with E-state index in [4.69, 9.17) is 9.15 Å². The second-order valence-electron chi connectivity index (χ2n) is 4.25. The van der Waals surface area contributed by atoms with Gasteiger partial charge in [0.05, 0.1) is 12.7 Å². The van der Waals surface area contributed by atoms with Gasteiger partial charge in [0.15, 0.2) is 0 Å². The Labute approximate surface area is 117 Å². The molecule has 2 rings (SSSR count). The lowest BCUT2D eigenvalue weighted by molar-refractivity contribution is 0.0952. The summed E-state index contributed by atoms with van der Waals surface area (Å²) in [6.45, 7) is 3.62. The second kappa shape index (κ2) is 6.06. The number of nitrogens with zero attached hydrogens (tertiary/aromatic N) is 1. The van der Waals surface area contributed by atoms with Crippen LogP contribution < -0.4 is 10.2 Å². The molecule has 0 aliphatic rings. The summed E-state index contributed by atoms with van der Waals surface area (Å²) in [5, 5.41) is 4.03. The van der Waals surface area contributed by atoms with Crippen LogP contribution in [0.5, 0.6) is 5.75 Å². The molecule has 2 aromatic rings. The van der Waals surface area contributed by atoms with E-state index >= 15 is 0 Å². The molecule has 5 nitrogen and oxygen atoms in total. The Balaban J connectivity index is 2.12. The van der Waals surface area contributed by atoms with Crippen molar-refractivity contribution >= 4 is 11.6 Å². The molecule has 0 spiro atoms. The molecule has 104 valence electrons. The summed E-state index contributed by atoms with van der Waals surface area (Å²) < 4.78 is 10.6. The van der Waals surface area contributed by atoms with Crippen molar-refractivity contribution in [1.29, 1.82) is 0 Å². The zero-order valence-electron chi connectivity index (χ0n) is 11.6. The van der Waals surface area contributed by atoms with Crippen molar-refractivity contribution in [2.75, 3.05) is 7.11 Å². The van der Waals surface area contributed by atoms with E-state index in [1.807, 2.05) is 19.1 Å². The molecule has 0 saturated carbocycles. The van der Waals surface area contributed by atoms with Gasteiger partial charge in [-0.05, 0) is 38.1 Å². The third-order valence-electron chi connectivity index (χ3n) is 2.77. The first-order chi connectivity index (χ1) is 9.61. The lowest BCUT2D eigenvalue weighted by Gasteiger charge is -2.06. The van der Waals surface area contributed by atoms with Crippen molar-refractivity contribution in [3.05, 3.63) is 53.5 Å². The van der Waals surface area contributed by atoms with Crippen LogP contribution >= 0.6 is 0 Å². The number of ether oxygens (including phenoxy) is 1. The van der Waals surface area contributed by atoms with E-state index in [2.05, 4.69) is 10.5 Å². The Kier molecular flexibility index (Phi) is 4.20. The number of rotatable bonds is 4. The minimum absolute atomic E-state index is 0.329. The van der Waals surface area contributed by atoms with Crippen molar-refractivity contribution in [2.45, 2.75) is 13.8 Å². The van der Waals surface area contributed by atoms with Crippen molar-refractivity contribution in [1.82, 2.24) is 5.43 Å². The first-order valence-corrected chi connectivity index (χ1v) is 6.16. The van der Waals surface area contributed by atoms with Gasteiger partial charge < -0.3 is 9.15 Å². The zero-order chi connectivity index (χ0) is 14.5. The Hall–Kier alpha value is -2.56. The zero-order valence-corrected chi connectivity index (χ0v) is 11.6. The number of carbonyl (C=O) groups excluding carboxylic acids is 1. The molecule has 0 unspecified atom stereocenters. The summed E-state index contributed by atoms with van der Waals surface area (Å²) in [6, 6.07) is 10.6. The molecule has 0 atom stereocenters. The van der Waals surface area contributed by atoms with Crippen LogP contribution in [0.15, 0.2) is 45.9 Å². The maximum absolute atomic E-state index is 12.0. The minimum atomic E-state index is -0.329. The molecule has 1 aromatic carbocycles. The van der Waals surface area contributed by atoms with Crippen LogP contribution in [0.4, 0.5) is 0 Å². The Morgan fingerprint density at radius 3 is 2.65 bits per heavy atom. The second-order valence-corrected chi connectivity index (χ2v) is 4.25. The highest BCUT2D eigenvalue weighted by atomic mass is 16.5. The fraction of sp³-hybridized carbons (Fsp3) is 0.200. The smallest absolute Gasteiger partial charge is 0.275 e. The van der Waals surface area contributed by atoms with E-state index in [9.17, 15) is 4.79 Å². The van der Waals surface area contributed by atoms with E-state index in [-0.39, 0.29) is 5.91 Å². The maximum atomic E-state index is 12.0. The van der Waals surface area contributed by atoms with Gasteiger partial charge in [0.2, 0.25) is 0 Å². The topological polar surface area (TPSA) is 63.8 Å². The van der Waals surface area contributed by atoms with E-state index in [1.54, 1.807) is 31.2 Å². The number of aryl methyl sites for hydroxylation is 1. The number of carbonyl (C=O) groups is 1. The van der Waals surface area contributed by atoms with E-state index < -0.39 is 0 Å². The fourth-order valence-corrected chi connectivity index (χ4v) is 1.71. The first kappa shape index (κ1) is 13.9. The summed E-state index contributed by atoms with van der Waals surface area (Å²) in [4.78, 5) is 12.0. The van der Waals surface area contributed by atoms with Gasteiger partial charge in [-0.15, -0.1) is 0 Å². The molecule has 0 aliphatic carbocycles. The van der Waals surface area contributed by atoms with E-state index in [1.165, 1.54) is 7.11 Å². The Morgan fingerprint density at radius 1 is 1.25 bits per heavy atom. The number of furan rings is 1. The number of para-hydroxylation sites is 1. The predicted molar refractivity (Wildman–Crippen MR) is 76.1 cm³/mol. The highest BCUT2D eigenvalue weighted by Crippen LogP contribution is 2.16. The van der Waals surface area contributed by atoms with E-state index in [0.29, 0.717) is 22.8 Å². The predicted octanol–water partition coefficient (Wildman–Crippen LogP) is 2.75. The van der Waals surface area contributed by atoms with Gasteiger partial charge in [-0.25, -0.2) is 5.43 Å². The number of benzene rings is 1. The fourth-order valence-electron chi connectivity index (χ4n) is 1.71. The normalized spacial score (nSPS) is 11.2. The number of hydrogen-bond acceptors (Lipinski definition) is 4. The number of hydrogen-bond donors (Lipinski definition) is 1. The number of hydrazone groups is 1. The summed E-state index contributed by atoms with van der Waals surface area (Å²) in [7, 11) is 1.52. The molecular formula is C15H16N2O3. The van der Waals surface area contributed by atoms with Gasteiger partial charge in [-0.3, -0.25) is 4.79 Å². The molecule has 1 aromatic heterocycles.